The topological polar surface area (TPSA) is 244 Å². The zero-order valence-corrected chi connectivity index (χ0v) is 36.8. The van der Waals surface area contributed by atoms with Gasteiger partial charge in [0.15, 0.2) is 16.8 Å². The normalized spacial score (nSPS) is 26.7. The van der Waals surface area contributed by atoms with E-state index in [1.807, 2.05) is 17.2 Å². The van der Waals surface area contributed by atoms with Gasteiger partial charge in [-0.3, -0.25) is 14.6 Å². The first-order valence-corrected chi connectivity index (χ1v) is 23.1. The van der Waals surface area contributed by atoms with E-state index in [1.165, 1.54) is 36.4 Å². The molecule has 8 atom stereocenters. The van der Waals surface area contributed by atoms with E-state index in [-0.39, 0.29) is 41.1 Å². The number of ether oxygens (including phenoxy) is 1. The number of aromatic hydroxyl groups is 2. The van der Waals surface area contributed by atoms with Crippen LogP contribution in [0.3, 0.4) is 0 Å². The molecule has 3 fully saturated rings. The fourth-order valence-corrected chi connectivity index (χ4v) is 12.0. The van der Waals surface area contributed by atoms with Crippen LogP contribution in [0.4, 0.5) is 5.69 Å². The zero-order valence-electron chi connectivity index (χ0n) is 36.8. The number of hydrogen-bond donors (Lipinski definition) is 8. The maximum absolute atomic E-state index is 13.7. The average molecular weight is 908 g/mol. The lowest BCUT2D eigenvalue weighted by Crippen LogP contribution is -2.59. The number of aliphatic hydroxyl groups is 5. The summed E-state index contributed by atoms with van der Waals surface area (Å²) in [5, 5.41) is 80.5. The van der Waals surface area contributed by atoms with Crippen molar-refractivity contribution < 1.29 is 59.5 Å². The number of aliphatic imine (C=N–C) groups is 1. The molecule has 0 bridgehead atoms. The van der Waals surface area contributed by atoms with E-state index in [0.29, 0.717) is 76.0 Å². The van der Waals surface area contributed by atoms with Crippen molar-refractivity contribution in [1.29, 1.82) is 0 Å². The standard InChI is InChI=1S/C50H57N3O13/c1-27-16-39(57)35-17-31-18-41(66-63-26-49(62,46(60)43(59)40(58)25-54)20-28-7-10-38(56)33-9-8-32(55)19-34(28)33)50(65-44(31)42(45(35)64-27)53-23-30-11-15-51-37(30)24-53)14-5-6-29(21-50)36-22-52-47(61)48(36)12-3-2-4-13-48/h7-11,15-17,19,24,29,36,40-41,43,46,54-56,58-60,62H,2-6,12-14,18,20-23,25-26H2,1H3,(H,52,61). The van der Waals surface area contributed by atoms with Gasteiger partial charge in [-0.1, -0.05) is 25.3 Å². The van der Waals surface area contributed by atoms with Crippen LogP contribution in [0.2, 0.25) is 0 Å². The van der Waals surface area contributed by atoms with Crippen molar-refractivity contribution in [2.24, 2.45) is 22.2 Å². The van der Waals surface area contributed by atoms with Crippen molar-refractivity contribution in [3.63, 3.8) is 0 Å². The van der Waals surface area contributed by atoms with Crippen molar-refractivity contribution >= 4 is 39.6 Å². The minimum Gasteiger partial charge on any atom is -0.508 e. The number of aliphatic hydroxyl groups excluding tert-OH is 4. The highest BCUT2D eigenvalue weighted by atomic mass is 17.2. The van der Waals surface area contributed by atoms with Gasteiger partial charge in [0.25, 0.3) is 0 Å². The van der Waals surface area contributed by atoms with Gasteiger partial charge in [-0.05, 0) is 105 Å². The molecule has 6 aliphatic rings. The van der Waals surface area contributed by atoms with Crippen LogP contribution in [-0.4, -0.2) is 110 Å². The van der Waals surface area contributed by atoms with Gasteiger partial charge in [0.1, 0.15) is 65.2 Å². The zero-order chi connectivity index (χ0) is 46.1. The number of amides is 1. The van der Waals surface area contributed by atoms with E-state index in [2.05, 4.69) is 10.3 Å². The van der Waals surface area contributed by atoms with Gasteiger partial charge in [0.05, 0.1) is 29.6 Å². The third kappa shape index (κ3) is 7.56. The Hall–Kier alpha value is -5.33. The summed E-state index contributed by atoms with van der Waals surface area (Å²) in [6.07, 6.45) is 5.88. The summed E-state index contributed by atoms with van der Waals surface area (Å²) in [4.78, 5) is 46.5. The summed E-state index contributed by atoms with van der Waals surface area (Å²) in [6, 6.07) is 10.4. The monoisotopic (exact) mass is 907 g/mol. The van der Waals surface area contributed by atoms with E-state index in [1.54, 1.807) is 19.2 Å². The minimum absolute atomic E-state index is 0.0494. The second-order valence-corrected chi connectivity index (χ2v) is 19.5. The van der Waals surface area contributed by atoms with Crippen molar-refractivity contribution in [2.45, 2.75) is 113 Å². The van der Waals surface area contributed by atoms with Gasteiger partial charge in [-0.15, -0.1) is 0 Å². The van der Waals surface area contributed by atoms with E-state index < -0.39 is 60.7 Å². The van der Waals surface area contributed by atoms with Crippen LogP contribution < -0.4 is 20.4 Å². The fourth-order valence-electron chi connectivity index (χ4n) is 12.0. The van der Waals surface area contributed by atoms with Gasteiger partial charge < -0.3 is 55.1 Å². The van der Waals surface area contributed by atoms with Crippen molar-refractivity contribution in [1.82, 2.24) is 5.32 Å². The fraction of sp³-hybridized carbons (Fsp3) is 0.500. The highest BCUT2D eigenvalue weighted by Crippen LogP contribution is 2.56. The molecular weight excluding hydrogens is 851 g/mol. The second-order valence-electron chi connectivity index (χ2n) is 19.5. The summed E-state index contributed by atoms with van der Waals surface area (Å²) in [7, 11) is 0. The van der Waals surface area contributed by atoms with Gasteiger partial charge in [0, 0.05) is 54.4 Å². The lowest BCUT2D eigenvalue weighted by Gasteiger charge is -2.51. The number of phenolic OH excluding ortho intramolecular Hbond substituents is 2. The molecule has 2 saturated carbocycles. The molecule has 1 amide bonds. The Morgan fingerprint density at radius 1 is 1.00 bits per heavy atom. The molecule has 5 heterocycles. The van der Waals surface area contributed by atoms with Gasteiger partial charge in [0.2, 0.25) is 5.91 Å². The number of allylic oxidation sites excluding steroid dienone is 1. The maximum Gasteiger partial charge on any atom is 0.226 e. The third-order valence-electron chi connectivity index (χ3n) is 15.4. The molecule has 0 radical (unpaired) electrons. The molecule has 4 aliphatic heterocycles. The molecule has 8 N–H and O–H groups in total. The van der Waals surface area contributed by atoms with Crippen LogP contribution >= 0.6 is 0 Å². The van der Waals surface area contributed by atoms with E-state index in [9.17, 15) is 45.3 Å². The predicted octanol–water partition coefficient (Wildman–Crippen LogP) is 4.26. The van der Waals surface area contributed by atoms with Gasteiger partial charge in [-0.25, -0.2) is 9.78 Å². The molecule has 1 aromatic heterocycles. The Labute approximate surface area is 380 Å². The largest absolute Gasteiger partial charge is 0.508 e. The predicted molar refractivity (Wildman–Crippen MR) is 242 cm³/mol. The number of carbonyl (C=O) groups is 1. The van der Waals surface area contributed by atoms with E-state index in [4.69, 9.17) is 18.9 Å². The molecule has 2 aliphatic carbocycles. The Bertz CT molecular complexity index is 2730. The van der Waals surface area contributed by atoms with Crippen LogP contribution in [0.5, 0.6) is 17.2 Å². The van der Waals surface area contributed by atoms with Gasteiger partial charge in [-0.2, -0.15) is 0 Å². The Morgan fingerprint density at radius 2 is 1.82 bits per heavy atom. The second kappa shape index (κ2) is 17.1. The SMILES string of the molecule is Cc1cc(=O)c2cc3c(c(N4C=C5N=CC=C5C4)c2o1)OC1(CCCC(C2CNC(=O)C24CCCCC4)C1)C(OOCC(O)(Cc1ccc(O)c2ccc(O)cc12)C(O)C(O)C(O)CO)C3. The molecule has 8 unspecified atom stereocenters. The average Bonchev–Trinajstić information content (AvgIpc) is 4.01. The van der Waals surface area contributed by atoms with Crippen LogP contribution in [0.25, 0.3) is 21.7 Å². The van der Waals surface area contributed by atoms with E-state index in [0.717, 1.165) is 56.2 Å². The third-order valence-corrected chi connectivity index (χ3v) is 15.4. The van der Waals surface area contributed by atoms with E-state index >= 15 is 0 Å². The molecule has 10 rings (SSSR count). The first-order chi connectivity index (χ1) is 31.7. The van der Waals surface area contributed by atoms with Crippen LogP contribution in [-0.2, 0) is 27.4 Å². The molecule has 16 heteroatoms. The molecular formula is C50H57N3O13. The maximum atomic E-state index is 13.7. The summed E-state index contributed by atoms with van der Waals surface area (Å²) < 4.78 is 13.8. The number of benzene rings is 3. The minimum atomic E-state index is -2.40. The number of nitrogens with zero attached hydrogens (tertiary/aromatic N) is 2. The number of anilines is 1. The summed E-state index contributed by atoms with van der Waals surface area (Å²) in [5.74, 6) is 0.980. The number of aryl methyl sites for hydroxylation is 1. The summed E-state index contributed by atoms with van der Waals surface area (Å²) in [5.41, 5.74) is -0.407. The highest BCUT2D eigenvalue weighted by molar-refractivity contribution is 5.96. The molecule has 16 nitrogen and oxygen atoms in total. The number of hydrogen-bond acceptors (Lipinski definition) is 15. The quantitative estimate of drug-likeness (QED) is 0.0732. The molecule has 4 aromatic rings. The summed E-state index contributed by atoms with van der Waals surface area (Å²) >= 11 is 0. The lowest BCUT2D eigenvalue weighted by atomic mass is 9.59. The number of rotatable bonds is 12. The van der Waals surface area contributed by atoms with Crippen molar-refractivity contribution in [2.75, 3.05) is 31.2 Å². The summed E-state index contributed by atoms with van der Waals surface area (Å²) in [6.45, 7) is 1.08. The molecule has 3 aromatic carbocycles. The Morgan fingerprint density at radius 3 is 2.61 bits per heavy atom. The number of phenols is 2. The van der Waals surface area contributed by atoms with Crippen LogP contribution in [0.1, 0.15) is 74.7 Å². The molecule has 350 valence electrons. The van der Waals surface area contributed by atoms with Crippen LogP contribution in [0.15, 0.2) is 80.2 Å². The number of nitrogens with one attached hydrogen (secondary N) is 1. The first-order valence-electron chi connectivity index (χ1n) is 23.1. The molecule has 2 spiro atoms. The number of fused-ring (bicyclic) bond motifs is 4. The smallest absolute Gasteiger partial charge is 0.226 e. The van der Waals surface area contributed by atoms with Crippen molar-refractivity contribution in [3.8, 4) is 17.2 Å². The lowest BCUT2D eigenvalue weighted by molar-refractivity contribution is -0.375. The van der Waals surface area contributed by atoms with Crippen LogP contribution in [0, 0.1) is 24.2 Å². The number of carbonyl (C=O) groups excluding carboxylic acids is 1. The van der Waals surface area contributed by atoms with Crippen molar-refractivity contribution in [3.05, 3.63) is 93.1 Å². The highest BCUT2D eigenvalue weighted by Gasteiger charge is 2.58. The molecule has 1 saturated heterocycles. The van der Waals surface area contributed by atoms with Gasteiger partial charge >= 0.3 is 0 Å². The Balaban J connectivity index is 1.04. The first kappa shape index (κ1) is 44.5. The Kier molecular flexibility index (Phi) is 11.5. The molecule has 66 heavy (non-hydrogen) atoms.